The summed E-state index contributed by atoms with van der Waals surface area (Å²) in [4.78, 5) is 0. The van der Waals surface area contributed by atoms with E-state index in [4.69, 9.17) is 0 Å². The Morgan fingerprint density at radius 2 is 0.293 bits per heavy atom. The van der Waals surface area contributed by atoms with Gasteiger partial charge in [0.25, 0.3) is 0 Å². The van der Waals surface area contributed by atoms with Crippen LogP contribution in [0.4, 0.5) is 0 Å². The van der Waals surface area contributed by atoms with Crippen molar-refractivity contribution in [3.05, 3.63) is 374 Å². The molecule has 0 aliphatic heterocycles. The summed E-state index contributed by atoms with van der Waals surface area (Å²) in [6, 6.07) is 135. The summed E-state index contributed by atoms with van der Waals surface area (Å²) in [6.07, 6.45) is 6.20. The van der Waals surface area contributed by atoms with Crippen LogP contribution in [-0.2, 0) is 24.6 Å². The quantitative estimate of drug-likeness (QED) is 0.0629. The Hall–Kier alpha value is -7.64. The van der Waals surface area contributed by atoms with Gasteiger partial charge in [-0.3, -0.25) is 0 Å². The Balaban J connectivity index is 0.935. The summed E-state index contributed by atoms with van der Waals surface area (Å²) in [7, 11) is -10.2. The van der Waals surface area contributed by atoms with Gasteiger partial charge in [-0.2, -0.15) is 0 Å². The fraction of sp³-hybridized carbons (Fsp3) is 0.0769. The van der Waals surface area contributed by atoms with E-state index in [0.717, 1.165) is 37.0 Å². The zero-order chi connectivity index (χ0) is 55.3. The van der Waals surface area contributed by atoms with Crippen LogP contribution in [0.25, 0.3) is 0 Å². The third-order valence-electron chi connectivity index (χ3n) is 17.9. The summed E-state index contributed by atoms with van der Waals surface area (Å²) in [5, 5.41) is 14.7. The number of benzene rings is 12. The maximum atomic E-state index is 2.49. The van der Waals surface area contributed by atoms with Crippen LogP contribution in [0.3, 0.4) is 0 Å². The van der Waals surface area contributed by atoms with Gasteiger partial charge in [-0.1, -0.05) is 0 Å². The molecule has 0 radical (unpaired) electrons. The van der Waals surface area contributed by atoms with Crippen LogP contribution in [0.15, 0.2) is 352 Å². The molecule has 82 heavy (non-hydrogen) atoms. The van der Waals surface area contributed by atoms with Crippen molar-refractivity contribution in [2.45, 2.75) is 24.6 Å². The first-order valence-corrected chi connectivity index (χ1v) is 38.5. The molecule has 0 N–H and O–H groups in total. The predicted molar refractivity (Wildman–Crippen MR) is 371 cm³/mol. The number of rotatable bonds is 21. The van der Waals surface area contributed by atoms with Gasteiger partial charge in [-0.25, -0.2) is 0 Å². The first-order chi connectivity index (χ1) is 40.6. The van der Waals surface area contributed by atoms with Crippen LogP contribution in [0.1, 0.15) is 22.3 Å². The molecule has 0 nitrogen and oxygen atoms in total. The molecule has 0 aromatic heterocycles. The van der Waals surface area contributed by atoms with Crippen LogP contribution in [-0.4, -0.2) is 12.3 Å². The van der Waals surface area contributed by atoms with Crippen LogP contribution in [0, 0.1) is 0 Å². The van der Waals surface area contributed by atoms with Gasteiger partial charge in [0, 0.05) is 0 Å². The van der Waals surface area contributed by atoms with Crippen LogP contribution < -0.4 is 53.0 Å². The summed E-state index contributed by atoms with van der Waals surface area (Å²) < 4.78 is 0. The fourth-order valence-electron chi connectivity index (χ4n) is 13.8. The third kappa shape index (κ3) is 11.5. The monoisotopic (exact) mass is 1130 g/mol. The van der Waals surface area contributed by atoms with Crippen LogP contribution >= 0.6 is 29.0 Å². The molecular weight excluding hydrogens is 1060 g/mol. The van der Waals surface area contributed by atoms with Gasteiger partial charge in [-0.05, 0) is 0 Å². The van der Waals surface area contributed by atoms with Gasteiger partial charge in [0.15, 0.2) is 0 Å². The van der Waals surface area contributed by atoms with Crippen molar-refractivity contribution in [1.82, 2.24) is 0 Å². The van der Waals surface area contributed by atoms with Crippen molar-refractivity contribution in [3.8, 4) is 0 Å². The molecular formula is C78H74P4. The molecule has 0 unspecified atom stereocenters. The van der Waals surface area contributed by atoms with Crippen molar-refractivity contribution in [2.75, 3.05) is 12.3 Å². The molecule has 0 aliphatic carbocycles. The van der Waals surface area contributed by atoms with Crippen molar-refractivity contribution >= 4 is 82.1 Å². The van der Waals surface area contributed by atoms with E-state index in [9.17, 15) is 0 Å². The Labute approximate surface area is 490 Å². The zero-order valence-electron chi connectivity index (χ0n) is 46.7. The second-order valence-electron chi connectivity index (χ2n) is 22.5. The molecule has 0 aliphatic rings. The molecule has 406 valence electrons. The number of hydrogen-bond acceptors (Lipinski definition) is 0. The molecule has 0 amide bonds. The Morgan fingerprint density at radius 1 is 0.146 bits per heavy atom. The molecule has 0 fully saturated rings. The Kier molecular flexibility index (Phi) is 17.2. The van der Waals surface area contributed by atoms with E-state index in [0.29, 0.717) is 0 Å². The van der Waals surface area contributed by atoms with Gasteiger partial charge in [0.1, 0.15) is 0 Å². The Bertz CT molecular complexity index is 3320. The molecule has 12 aromatic carbocycles. The van der Waals surface area contributed by atoms with Crippen molar-refractivity contribution < 1.29 is 0 Å². The van der Waals surface area contributed by atoms with E-state index < -0.39 is 29.0 Å². The van der Waals surface area contributed by atoms with Gasteiger partial charge in [0.2, 0.25) is 0 Å². The number of hydrogen-bond donors (Lipinski definition) is 0. The van der Waals surface area contributed by atoms with Crippen molar-refractivity contribution in [3.63, 3.8) is 0 Å². The molecule has 12 aromatic rings. The molecule has 0 spiro atoms. The summed E-state index contributed by atoms with van der Waals surface area (Å²) in [5.41, 5.74) is 5.60. The average molecular weight is 1140 g/mol. The molecule has 0 bridgehead atoms. The van der Waals surface area contributed by atoms with Crippen molar-refractivity contribution in [2.24, 2.45) is 0 Å². The average Bonchev–Trinajstić information content (AvgIpc) is 3.71. The second kappa shape index (κ2) is 25.7. The van der Waals surface area contributed by atoms with E-state index in [-0.39, 0.29) is 0 Å². The topological polar surface area (TPSA) is 0 Å². The summed E-state index contributed by atoms with van der Waals surface area (Å²) in [5.74, 6) is 0. The predicted octanol–water partition coefficient (Wildman–Crippen LogP) is 14.6. The minimum absolute atomic E-state index is 0.977. The van der Waals surface area contributed by atoms with Gasteiger partial charge < -0.3 is 0 Å². The zero-order valence-corrected chi connectivity index (χ0v) is 50.7. The van der Waals surface area contributed by atoms with Crippen LogP contribution in [0.5, 0.6) is 0 Å². The fourth-order valence-corrected chi connectivity index (χ4v) is 34.8. The summed E-state index contributed by atoms with van der Waals surface area (Å²) >= 11 is 0. The SMILES string of the molecule is c1ccc([PH](CC[PH](Cc2ccc(C[PH](c3ccccc3)(c3ccccc3)c3ccccc3)cc2)(c2ccccc2)c2ccccc2)(Cc2ccc(C[PH](c3ccccc3)(c3ccccc3)c3ccccc3)cc2)c2ccccc2)cc1. The maximum absolute atomic E-state index is 2.59. The molecule has 0 saturated carbocycles. The molecule has 12 rings (SSSR count). The third-order valence-corrected chi connectivity index (χ3v) is 38.2. The van der Waals surface area contributed by atoms with Gasteiger partial charge in [-0.15, -0.1) is 0 Å². The van der Waals surface area contributed by atoms with Crippen LogP contribution in [0.2, 0.25) is 0 Å². The Morgan fingerprint density at radius 3 is 0.463 bits per heavy atom. The van der Waals surface area contributed by atoms with Crippen molar-refractivity contribution in [1.29, 1.82) is 0 Å². The van der Waals surface area contributed by atoms with E-state index in [1.54, 1.807) is 0 Å². The molecule has 0 atom stereocenters. The van der Waals surface area contributed by atoms with Gasteiger partial charge in [0.05, 0.1) is 0 Å². The van der Waals surface area contributed by atoms with E-state index in [2.05, 4.69) is 352 Å². The standard InChI is InChI=1S/C78H74P4/c1-11-31-69(32-12-1)79(70-33-13-2-14-34-70,61-65-51-55-67(56-52-65)63-81(73-39-19-5-20-40-73,74-41-21-6-22-42-74)75-43-23-7-24-44-75)59-60-80(71-35-15-3-16-36-71,72-37-17-4-18-38-72)62-66-53-57-68(58-54-66)64-82(76-45-25-8-26-46-76,77-47-27-9-28-48-77)78-49-29-10-30-50-78/h1-58,79-82H,59-64H2. The van der Waals surface area contributed by atoms with E-state index >= 15 is 0 Å². The normalized spacial score (nSPS) is 12.7. The van der Waals surface area contributed by atoms with Gasteiger partial charge >= 0.3 is 493 Å². The molecule has 4 heteroatoms. The molecule has 0 heterocycles. The minimum atomic E-state index is -2.59. The first kappa shape index (κ1) is 54.9. The summed E-state index contributed by atoms with van der Waals surface area (Å²) in [6.45, 7) is 0. The van der Waals surface area contributed by atoms with E-state index in [1.807, 2.05) is 0 Å². The molecule has 0 saturated heterocycles. The first-order valence-electron chi connectivity index (χ1n) is 29.3. The second-order valence-corrected chi connectivity index (χ2v) is 38.6. The van der Waals surface area contributed by atoms with E-state index in [1.165, 1.54) is 75.3 Å².